The third-order valence-electron chi connectivity index (χ3n) is 3.70. The molecule has 0 radical (unpaired) electrons. The van der Waals surface area contributed by atoms with Gasteiger partial charge in [-0.1, -0.05) is 0 Å². The molecule has 1 aromatic rings. The minimum Gasteiger partial charge on any atom is -0.367 e. The molecule has 1 N–H and O–H groups in total. The summed E-state index contributed by atoms with van der Waals surface area (Å²) >= 11 is 0. The normalized spacial score (nSPS) is 16.5. The number of carbonyl (C=O) groups is 1. The van der Waals surface area contributed by atoms with E-state index < -0.39 is 0 Å². The smallest absolute Gasteiger partial charge is 0.219 e. The van der Waals surface area contributed by atoms with Crippen LogP contribution in [0.2, 0.25) is 0 Å². The summed E-state index contributed by atoms with van der Waals surface area (Å²) < 4.78 is 0. The molecule has 1 amide bonds. The van der Waals surface area contributed by atoms with Crippen molar-refractivity contribution in [3.63, 3.8) is 0 Å². The Morgan fingerprint density at radius 1 is 1.35 bits per heavy atom. The maximum atomic E-state index is 11.3. The van der Waals surface area contributed by atoms with E-state index >= 15 is 0 Å². The van der Waals surface area contributed by atoms with Gasteiger partial charge in [-0.25, -0.2) is 4.98 Å². The Balaban J connectivity index is 1.83. The second-order valence-corrected chi connectivity index (χ2v) is 5.85. The SMILES string of the molecule is CC(=O)N1CCC(Cc2cnc(NC(C)C)cn2)CC1. The van der Waals surface area contributed by atoms with Crippen molar-refractivity contribution in [2.75, 3.05) is 18.4 Å². The number of piperidine rings is 1. The molecule has 20 heavy (non-hydrogen) atoms. The molecule has 0 saturated carbocycles. The van der Waals surface area contributed by atoms with Gasteiger partial charge in [-0.2, -0.15) is 0 Å². The average molecular weight is 276 g/mol. The first-order valence-corrected chi connectivity index (χ1v) is 7.37. The largest absolute Gasteiger partial charge is 0.367 e. The number of hydrogen-bond donors (Lipinski definition) is 1. The molecule has 5 nitrogen and oxygen atoms in total. The first-order chi connectivity index (χ1) is 9.54. The predicted octanol–water partition coefficient (Wildman–Crippen LogP) is 2.10. The van der Waals surface area contributed by atoms with E-state index in [2.05, 4.69) is 29.1 Å². The van der Waals surface area contributed by atoms with E-state index in [1.54, 1.807) is 13.1 Å². The number of hydrogen-bond acceptors (Lipinski definition) is 4. The molecule has 0 atom stereocenters. The second-order valence-electron chi connectivity index (χ2n) is 5.85. The summed E-state index contributed by atoms with van der Waals surface area (Å²) in [5.74, 6) is 1.63. The van der Waals surface area contributed by atoms with Crippen LogP contribution in [0, 0.1) is 5.92 Å². The molecule has 2 rings (SSSR count). The average Bonchev–Trinajstić information content (AvgIpc) is 2.41. The molecule has 5 heteroatoms. The standard InChI is InChI=1S/C15H24N4O/c1-11(2)18-15-10-16-14(9-17-15)8-13-4-6-19(7-5-13)12(3)20/h9-11,13H,4-8H2,1-3H3,(H,17,18). The summed E-state index contributed by atoms with van der Waals surface area (Å²) in [5.41, 5.74) is 1.04. The lowest BCUT2D eigenvalue weighted by Crippen LogP contribution is -2.37. The number of amides is 1. The van der Waals surface area contributed by atoms with Gasteiger partial charge >= 0.3 is 0 Å². The lowest BCUT2D eigenvalue weighted by atomic mass is 9.92. The number of rotatable bonds is 4. The summed E-state index contributed by atoms with van der Waals surface area (Å²) in [5, 5.41) is 3.24. The number of aromatic nitrogens is 2. The van der Waals surface area contributed by atoms with Crippen molar-refractivity contribution in [1.82, 2.24) is 14.9 Å². The molecular formula is C15H24N4O. The highest BCUT2D eigenvalue weighted by Crippen LogP contribution is 2.21. The quantitative estimate of drug-likeness (QED) is 0.915. The molecule has 0 bridgehead atoms. The Morgan fingerprint density at radius 3 is 2.55 bits per heavy atom. The van der Waals surface area contributed by atoms with E-state index in [0.717, 1.165) is 43.9 Å². The minimum absolute atomic E-state index is 0.187. The van der Waals surface area contributed by atoms with Crippen molar-refractivity contribution in [3.05, 3.63) is 18.1 Å². The van der Waals surface area contributed by atoms with Gasteiger partial charge in [-0.3, -0.25) is 9.78 Å². The number of anilines is 1. The summed E-state index contributed by atoms with van der Waals surface area (Å²) in [4.78, 5) is 22.1. The van der Waals surface area contributed by atoms with Crippen LogP contribution in [0.5, 0.6) is 0 Å². The van der Waals surface area contributed by atoms with Crippen LogP contribution in [-0.2, 0) is 11.2 Å². The molecule has 0 aliphatic carbocycles. The molecule has 0 aromatic carbocycles. The lowest BCUT2D eigenvalue weighted by molar-refractivity contribution is -0.130. The minimum atomic E-state index is 0.187. The van der Waals surface area contributed by atoms with Crippen LogP contribution in [0.1, 0.15) is 39.3 Å². The van der Waals surface area contributed by atoms with Crippen molar-refractivity contribution in [3.8, 4) is 0 Å². The van der Waals surface area contributed by atoms with Crippen molar-refractivity contribution >= 4 is 11.7 Å². The van der Waals surface area contributed by atoms with Crippen molar-refractivity contribution in [2.24, 2.45) is 5.92 Å². The highest BCUT2D eigenvalue weighted by molar-refractivity contribution is 5.73. The fourth-order valence-electron chi connectivity index (χ4n) is 2.58. The van der Waals surface area contributed by atoms with E-state index in [0.29, 0.717) is 12.0 Å². The summed E-state index contributed by atoms with van der Waals surface area (Å²) in [6, 6.07) is 0.367. The third kappa shape index (κ3) is 4.18. The van der Waals surface area contributed by atoms with Gasteiger partial charge in [0, 0.05) is 26.1 Å². The van der Waals surface area contributed by atoms with Crippen LogP contribution in [0.25, 0.3) is 0 Å². The monoisotopic (exact) mass is 276 g/mol. The molecule has 0 unspecified atom stereocenters. The van der Waals surface area contributed by atoms with E-state index in [1.807, 2.05) is 11.1 Å². The fourth-order valence-corrected chi connectivity index (χ4v) is 2.58. The van der Waals surface area contributed by atoms with Gasteiger partial charge in [-0.05, 0) is 39.0 Å². The van der Waals surface area contributed by atoms with Gasteiger partial charge < -0.3 is 10.2 Å². The Bertz CT molecular complexity index is 436. The zero-order valence-electron chi connectivity index (χ0n) is 12.6. The predicted molar refractivity (Wildman–Crippen MR) is 79.5 cm³/mol. The highest BCUT2D eigenvalue weighted by atomic mass is 16.2. The van der Waals surface area contributed by atoms with E-state index in [1.165, 1.54) is 0 Å². The fraction of sp³-hybridized carbons (Fsp3) is 0.667. The molecule has 2 heterocycles. The number of carbonyl (C=O) groups excluding carboxylic acids is 1. The van der Waals surface area contributed by atoms with Crippen LogP contribution in [0.15, 0.2) is 12.4 Å². The lowest BCUT2D eigenvalue weighted by Gasteiger charge is -2.31. The van der Waals surface area contributed by atoms with Gasteiger partial charge in [0.05, 0.1) is 18.1 Å². The first kappa shape index (κ1) is 14.8. The number of nitrogens with one attached hydrogen (secondary N) is 1. The van der Waals surface area contributed by atoms with Crippen molar-refractivity contribution in [1.29, 1.82) is 0 Å². The molecular weight excluding hydrogens is 252 g/mol. The summed E-state index contributed by atoms with van der Waals surface area (Å²) in [6.07, 6.45) is 6.75. The van der Waals surface area contributed by atoms with Gasteiger partial charge in [0.15, 0.2) is 0 Å². The first-order valence-electron chi connectivity index (χ1n) is 7.37. The Kier molecular flexibility index (Phi) is 4.93. The molecule has 1 saturated heterocycles. The van der Waals surface area contributed by atoms with Crippen LogP contribution >= 0.6 is 0 Å². The Hall–Kier alpha value is -1.65. The van der Waals surface area contributed by atoms with Gasteiger partial charge in [0.1, 0.15) is 5.82 Å². The van der Waals surface area contributed by atoms with Crippen LogP contribution in [-0.4, -0.2) is 39.9 Å². The van der Waals surface area contributed by atoms with E-state index in [-0.39, 0.29) is 5.91 Å². The Morgan fingerprint density at radius 2 is 2.05 bits per heavy atom. The van der Waals surface area contributed by atoms with Gasteiger partial charge in [0.25, 0.3) is 0 Å². The van der Waals surface area contributed by atoms with Gasteiger partial charge in [0.2, 0.25) is 5.91 Å². The zero-order valence-corrected chi connectivity index (χ0v) is 12.6. The highest BCUT2D eigenvalue weighted by Gasteiger charge is 2.21. The Labute approximate surface area is 120 Å². The number of likely N-dealkylation sites (tertiary alicyclic amines) is 1. The molecule has 1 aliphatic heterocycles. The zero-order chi connectivity index (χ0) is 14.5. The molecule has 110 valence electrons. The van der Waals surface area contributed by atoms with E-state index in [4.69, 9.17) is 0 Å². The second kappa shape index (κ2) is 6.68. The molecule has 1 aromatic heterocycles. The van der Waals surface area contributed by atoms with Crippen LogP contribution in [0.3, 0.4) is 0 Å². The third-order valence-corrected chi connectivity index (χ3v) is 3.70. The molecule has 0 spiro atoms. The van der Waals surface area contributed by atoms with Crippen LogP contribution < -0.4 is 5.32 Å². The van der Waals surface area contributed by atoms with Crippen LogP contribution in [0.4, 0.5) is 5.82 Å². The number of nitrogens with zero attached hydrogens (tertiary/aromatic N) is 3. The summed E-state index contributed by atoms with van der Waals surface area (Å²) in [6.45, 7) is 7.56. The maximum absolute atomic E-state index is 11.3. The molecule has 1 fully saturated rings. The van der Waals surface area contributed by atoms with Crippen molar-refractivity contribution in [2.45, 2.75) is 46.1 Å². The van der Waals surface area contributed by atoms with E-state index in [9.17, 15) is 4.79 Å². The van der Waals surface area contributed by atoms with Crippen molar-refractivity contribution < 1.29 is 4.79 Å². The molecule has 1 aliphatic rings. The summed E-state index contributed by atoms with van der Waals surface area (Å²) in [7, 11) is 0. The topological polar surface area (TPSA) is 58.1 Å². The van der Waals surface area contributed by atoms with Gasteiger partial charge in [-0.15, -0.1) is 0 Å². The maximum Gasteiger partial charge on any atom is 0.219 e.